The van der Waals surface area contributed by atoms with Gasteiger partial charge in [-0.1, -0.05) is 0 Å². The molecule has 4 saturated carbocycles. The molecule has 6 nitrogen and oxygen atoms in total. The third-order valence-corrected chi connectivity index (χ3v) is 8.59. The number of rotatable bonds is 2. The lowest BCUT2D eigenvalue weighted by Crippen LogP contribution is -2.53. The summed E-state index contributed by atoms with van der Waals surface area (Å²) < 4.78 is 85.7. The number of cyclic esters (lactones) is 2. The highest BCUT2D eigenvalue weighted by Crippen LogP contribution is 2.83. The molecule has 0 aromatic rings. The lowest BCUT2D eigenvalue weighted by Gasteiger charge is -2.45. The number of halogens is 4. The maximum absolute atomic E-state index is 14.9. The van der Waals surface area contributed by atoms with Gasteiger partial charge in [0.05, 0.1) is 16.9 Å². The predicted molar refractivity (Wildman–Crippen MR) is 73.1 cm³/mol. The molecule has 26 heavy (non-hydrogen) atoms. The summed E-state index contributed by atoms with van der Waals surface area (Å²) >= 11 is 0. The Labute approximate surface area is 145 Å². The van der Waals surface area contributed by atoms with Crippen LogP contribution >= 0.6 is 0 Å². The summed E-state index contributed by atoms with van der Waals surface area (Å²) in [5.41, 5.74) is -8.80. The number of carbonyl (C=O) groups excluding carboxylic acids is 2. The summed E-state index contributed by atoms with van der Waals surface area (Å²) in [6.45, 7) is 0. The Morgan fingerprint density at radius 2 is 1.35 bits per heavy atom. The normalized spacial score (nSPS) is 51.7. The summed E-state index contributed by atoms with van der Waals surface area (Å²) in [6.07, 6.45) is -1.86. The molecule has 0 aromatic heterocycles. The van der Waals surface area contributed by atoms with Crippen LogP contribution in [-0.4, -0.2) is 38.1 Å². The average Bonchev–Trinajstić information content (AvgIpc) is 3.26. The van der Waals surface area contributed by atoms with E-state index in [-0.39, 0.29) is 12.8 Å². The molecule has 5 fully saturated rings. The molecule has 6 atom stereocenters. The number of fused-ring (bicyclic) bond motifs is 4. The van der Waals surface area contributed by atoms with Gasteiger partial charge in [-0.3, -0.25) is 13.8 Å². The molecule has 4 aliphatic carbocycles. The molecule has 0 spiro atoms. The molecule has 0 radical (unpaired) electrons. The minimum atomic E-state index is -5.90. The molecule has 5 rings (SSSR count). The quantitative estimate of drug-likeness (QED) is 0.231. The van der Waals surface area contributed by atoms with E-state index < -0.39 is 74.3 Å². The van der Waals surface area contributed by atoms with Crippen molar-refractivity contribution >= 4 is 22.1 Å². The first-order valence-electron chi connectivity index (χ1n) is 8.41. The van der Waals surface area contributed by atoms with E-state index in [1.807, 2.05) is 0 Å². The van der Waals surface area contributed by atoms with Gasteiger partial charge < -0.3 is 4.74 Å². The Morgan fingerprint density at radius 3 is 1.77 bits per heavy atom. The van der Waals surface area contributed by atoms with Crippen molar-refractivity contribution in [3.63, 3.8) is 0 Å². The van der Waals surface area contributed by atoms with Crippen molar-refractivity contribution in [3.8, 4) is 0 Å². The summed E-state index contributed by atoms with van der Waals surface area (Å²) in [7, 11) is -5.90. The van der Waals surface area contributed by atoms with Crippen LogP contribution in [0, 0.1) is 34.5 Å². The topological polar surface area (TPSA) is 86.7 Å². The molecular formula is C15H14F4O6S. The van der Waals surface area contributed by atoms with Crippen LogP contribution in [0.25, 0.3) is 0 Å². The third-order valence-electron chi connectivity index (χ3n) is 7.55. The molecule has 4 bridgehead atoms. The number of hydrogen-bond donors (Lipinski definition) is 0. The Morgan fingerprint density at radius 1 is 0.923 bits per heavy atom. The molecule has 5 aliphatic rings. The van der Waals surface area contributed by atoms with Crippen LogP contribution < -0.4 is 0 Å². The largest absolute Gasteiger partial charge is 0.523 e. The second-order valence-corrected chi connectivity index (χ2v) is 9.46. The minimum absolute atomic E-state index is 0.197. The van der Waals surface area contributed by atoms with Gasteiger partial charge in [-0.2, -0.15) is 21.6 Å². The SMILES string of the molecule is O=C1OC(=O)C23C4CCC(C4F)C12C1CCC3C1OS(=O)(=O)C(F)(F)F. The van der Waals surface area contributed by atoms with Crippen molar-refractivity contribution in [2.75, 3.05) is 0 Å². The van der Waals surface area contributed by atoms with Gasteiger partial charge in [-0.15, -0.1) is 0 Å². The molecule has 1 heterocycles. The number of carbonyl (C=O) groups is 2. The second kappa shape index (κ2) is 4.43. The van der Waals surface area contributed by atoms with Crippen LogP contribution in [-0.2, 0) is 28.6 Å². The van der Waals surface area contributed by atoms with Gasteiger partial charge in [0.2, 0.25) is 0 Å². The molecule has 0 amide bonds. The lowest BCUT2D eigenvalue weighted by atomic mass is 9.51. The third kappa shape index (κ3) is 1.40. The van der Waals surface area contributed by atoms with Crippen LogP contribution in [0.5, 0.6) is 0 Å². The van der Waals surface area contributed by atoms with Crippen LogP contribution in [0.3, 0.4) is 0 Å². The zero-order chi connectivity index (χ0) is 18.9. The van der Waals surface area contributed by atoms with Gasteiger partial charge in [0.25, 0.3) is 0 Å². The molecule has 144 valence electrons. The highest BCUT2D eigenvalue weighted by molar-refractivity contribution is 7.87. The molecule has 0 aromatic carbocycles. The van der Waals surface area contributed by atoms with Crippen LogP contribution in [0.1, 0.15) is 25.7 Å². The lowest BCUT2D eigenvalue weighted by molar-refractivity contribution is -0.161. The Kier molecular flexibility index (Phi) is 2.88. The number of alkyl halides is 4. The van der Waals surface area contributed by atoms with E-state index in [0.717, 1.165) is 0 Å². The monoisotopic (exact) mass is 398 g/mol. The van der Waals surface area contributed by atoms with Gasteiger partial charge >= 0.3 is 27.6 Å². The van der Waals surface area contributed by atoms with Crippen molar-refractivity contribution in [2.45, 2.75) is 43.5 Å². The van der Waals surface area contributed by atoms with Gasteiger partial charge in [0, 0.05) is 23.7 Å². The van der Waals surface area contributed by atoms with Crippen LogP contribution in [0.2, 0.25) is 0 Å². The Bertz CT molecular complexity index is 796. The zero-order valence-electron chi connectivity index (χ0n) is 13.2. The molecule has 1 saturated heterocycles. The molecule has 6 unspecified atom stereocenters. The zero-order valence-corrected chi connectivity index (χ0v) is 14.0. The van der Waals surface area contributed by atoms with Crippen LogP contribution in [0.15, 0.2) is 0 Å². The number of hydrogen-bond acceptors (Lipinski definition) is 6. The fourth-order valence-corrected chi connectivity index (χ4v) is 7.84. The maximum atomic E-state index is 14.9. The van der Waals surface area contributed by atoms with Gasteiger partial charge in [-0.25, -0.2) is 4.39 Å². The number of esters is 2. The van der Waals surface area contributed by atoms with Gasteiger partial charge in [0.1, 0.15) is 6.17 Å². The Balaban J connectivity index is 1.67. The number of ether oxygens (including phenoxy) is 1. The van der Waals surface area contributed by atoms with E-state index in [9.17, 15) is 35.6 Å². The maximum Gasteiger partial charge on any atom is 0.523 e. The molecule has 0 N–H and O–H groups in total. The molecule has 11 heteroatoms. The summed E-state index contributed by atoms with van der Waals surface area (Å²) in [6, 6.07) is 0. The first-order chi connectivity index (χ1) is 12.0. The second-order valence-electron chi connectivity index (χ2n) is 7.90. The Hall–Kier alpha value is -1.23. The van der Waals surface area contributed by atoms with E-state index in [1.54, 1.807) is 0 Å². The van der Waals surface area contributed by atoms with E-state index in [4.69, 9.17) is 4.74 Å². The fourth-order valence-electron chi connectivity index (χ4n) is 7.17. The van der Waals surface area contributed by atoms with E-state index in [2.05, 4.69) is 4.18 Å². The summed E-state index contributed by atoms with van der Waals surface area (Å²) in [5, 5.41) is 0. The smallest absolute Gasteiger partial charge is 0.392 e. The van der Waals surface area contributed by atoms with Crippen molar-refractivity contribution in [2.24, 2.45) is 34.5 Å². The first kappa shape index (κ1) is 16.9. The highest BCUT2D eigenvalue weighted by Gasteiger charge is 2.92. The van der Waals surface area contributed by atoms with Crippen molar-refractivity contribution < 1.29 is 44.5 Å². The first-order valence-corrected chi connectivity index (χ1v) is 9.82. The predicted octanol–water partition coefficient (Wildman–Crippen LogP) is 1.70. The van der Waals surface area contributed by atoms with E-state index >= 15 is 0 Å². The van der Waals surface area contributed by atoms with Crippen molar-refractivity contribution in [1.29, 1.82) is 0 Å². The van der Waals surface area contributed by atoms with Crippen LogP contribution in [0.4, 0.5) is 17.6 Å². The minimum Gasteiger partial charge on any atom is -0.392 e. The van der Waals surface area contributed by atoms with Crippen molar-refractivity contribution in [1.82, 2.24) is 0 Å². The fraction of sp³-hybridized carbons (Fsp3) is 0.867. The van der Waals surface area contributed by atoms with E-state index in [1.165, 1.54) is 0 Å². The summed E-state index contributed by atoms with van der Waals surface area (Å²) in [5.74, 6) is -5.50. The standard InChI is InChI=1S/C15H14F4O6S/c16-9-5-1-2-6(9)14-8-4-3-7(13(5,14)11(20)24-12(14)21)10(8)25-26(22,23)15(17,18)19/h5-10H,1-4H2. The summed E-state index contributed by atoms with van der Waals surface area (Å²) in [4.78, 5) is 25.3. The average molecular weight is 398 g/mol. The van der Waals surface area contributed by atoms with Gasteiger partial charge in [0.15, 0.2) is 0 Å². The van der Waals surface area contributed by atoms with E-state index in [0.29, 0.717) is 12.8 Å². The van der Waals surface area contributed by atoms with Gasteiger partial charge in [-0.05, 0) is 25.7 Å². The highest BCUT2D eigenvalue weighted by atomic mass is 32.2. The molecular weight excluding hydrogens is 384 g/mol. The van der Waals surface area contributed by atoms with Crippen molar-refractivity contribution in [3.05, 3.63) is 0 Å². The molecule has 1 aliphatic heterocycles.